The van der Waals surface area contributed by atoms with Crippen molar-refractivity contribution in [1.82, 2.24) is 0 Å². The van der Waals surface area contributed by atoms with E-state index in [4.69, 9.17) is 9.47 Å². The maximum Gasteiger partial charge on any atom is 0.162 e. The highest BCUT2D eigenvalue weighted by atomic mass is 16.7. The molecule has 3 heteroatoms. The second kappa shape index (κ2) is 4.24. The summed E-state index contributed by atoms with van der Waals surface area (Å²) in [4.78, 5) is 11.3. The van der Waals surface area contributed by atoms with Crippen LogP contribution in [0.25, 0.3) is 0 Å². The molecule has 1 aliphatic heterocycles. The maximum absolute atomic E-state index is 11.3. The van der Waals surface area contributed by atoms with E-state index in [0.29, 0.717) is 13.2 Å². The second-order valence-corrected chi connectivity index (χ2v) is 4.18. The number of hydrogen-bond acceptors (Lipinski definition) is 3. The molecule has 0 aliphatic carbocycles. The summed E-state index contributed by atoms with van der Waals surface area (Å²) in [6, 6.07) is 0. The zero-order valence-corrected chi connectivity index (χ0v) is 9.08. The van der Waals surface area contributed by atoms with E-state index < -0.39 is 5.79 Å². The third-order valence-electron chi connectivity index (χ3n) is 2.65. The van der Waals surface area contributed by atoms with Crippen molar-refractivity contribution in [3.05, 3.63) is 12.7 Å². The van der Waals surface area contributed by atoms with Gasteiger partial charge in [-0.3, -0.25) is 4.79 Å². The molecule has 0 N–H and O–H groups in total. The van der Waals surface area contributed by atoms with E-state index in [1.54, 1.807) is 0 Å². The van der Waals surface area contributed by atoms with Crippen LogP contribution in [0.1, 0.15) is 20.8 Å². The van der Waals surface area contributed by atoms with Gasteiger partial charge in [0, 0.05) is 11.8 Å². The minimum absolute atomic E-state index is 0.0573. The number of hydrogen-bond donors (Lipinski definition) is 0. The highest BCUT2D eigenvalue weighted by Gasteiger charge is 2.32. The number of rotatable bonds is 3. The lowest BCUT2D eigenvalue weighted by atomic mass is 9.91. The molecule has 1 saturated heterocycles. The lowest BCUT2D eigenvalue weighted by Gasteiger charge is -2.36. The highest BCUT2D eigenvalue weighted by Crippen LogP contribution is 2.25. The summed E-state index contributed by atoms with van der Waals surface area (Å²) in [6.45, 7) is 10.3. The van der Waals surface area contributed by atoms with E-state index in [9.17, 15) is 4.79 Å². The van der Waals surface area contributed by atoms with E-state index >= 15 is 0 Å². The van der Waals surface area contributed by atoms with Crippen molar-refractivity contribution in [1.29, 1.82) is 0 Å². The minimum atomic E-state index is -0.507. The average molecular weight is 198 g/mol. The number of ketones is 1. The molecule has 1 atom stereocenters. The fraction of sp³-hybridized carbons (Fsp3) is 0.727. The number of ether oxygens (including phenoxy) is 2. The van der Waals surface area contributed by atoms with Crippen LogP contribution >= 0.6 is 0 Å². The monoisotopic (exact) mass is 198 g/mol. The van der Waals surface area contributed by atoms with E-state index in [0.717, 1.165) is 0 Å². The van der Waals surface area contributed by atoms with Gasteiger partial charge in [-0.05, 0) is 19.9 Å². The van der Waals surface area contributed by atoms with Crippen molar-refractivity contribution in [2.24, 2.45) is 11.8 Å². The Labute approximate surface area is 85.1 Å². The normalized spacial score (nSPS) is 24.2. The van der Waals surface area contributed by atoms with Crippen molar-refractivity contribution in [2.45, 2.75) is 26.6 Å². The van der Waals surface area contributed by atoms with Crippen molar-refractivity contribution < 1.29 is 14.3 Å². The largest absolute Gasteiger partial charge is 0.350 e. The SMILES string of the molecule is C=CC(=O)[C@@H](C)C1COC(C)(C)OC1. The Morgan fingerprint density at radius 2 is 2.00 bits per heavy atom. The van der Waals surface area contributed by atoms with Gasteiger partial charge in [0.25, 0.3) is 0 Å². The third-order valence-corrected chi connectivity index (χ3v) is 2.65. The Bertz CT molecular complexity index is 223. The Hall–Kier alpha value is -0.670. The van der Waals surface area contributed by atoms with Crippen LogP contribution in [0.3, 0.4) is 0 Å². The van der Waals surface area contributed by atoms with E-state index in [1.807, 2.05) is 20.8 Å². The number of carbonyl (C=O) groups excluding carboxylic acids is 1. The van der Waals surface area contributed by atoms with Crippen LogP contribution < -0.4 is 0 Å². The van der Waals surface area contributed by atoms with Crippen LogP contribution in [0.5, 0.6) is 0 Å². The number of carbonyl (C=O) groups is 1. The molecule has 0 bridgehead atoms. The summed E-state index contributed by atoms with van der Waals surface area (Å²) in [5, 5.41) is 0. The van der Waals surface area contributed by atoms with Gasteiger partial charge in [0.05, 0.1) is 13.2 Å². The molecule has 3 nitrogen and oxygen atoms in total. The molecular weight excluding hydrogens is 180 g/mol. The summed E-state index contributed by atoms with van der Waals surface area (Å²) in [7, 11) is 0. The molecule has 0 aromatic heterocycles. The molecule has 14 heavy (non-hydrogen) atoms. The lowest BCUT2D eigenvalue weighted by molar-refractivity contribution is -0.266. The topological polar surface area (TPSA) is 35.5 Å². The van der Waals surface area contributed by atoms with Gasteiger partial charge in [-0.15, -0.1) is 0 Å². The Balaban J connectivity index is 2.49. The second-order valence-electron chi connectivity index (χ2n) is 4.18. The van der Waals surface area contributed by atoms with E-state index in [2.05, 4.69) is 6.58 Å². The molecule has 0 spiro atoms. The molecule has 0 aromatic rings. The fourth-order valence-corrected chi connectivity index (χ4v) is 1.41. The van der Waals surface area contributed by atoms with Crippen molar-refractivity contribution in [2.75, 3.05) is 13.2 Å². The molecular formula is C11H18O3. The molecule has 1 rings (SSSR count). The summed E-state index contributed by atoms with van der Waals surface area (Å²) >= 11 is 0. The first-order valence-corrected chi connectivity index (χ1v) is 4.90. The van der Waals surface area contributed by atoms with Gasteiger partial charge in [0.2, 0.25) is 0 Å². The zero-order valence-electron chi connectivity index (χ0n) is 9.08. The van der Waals surface area contributed by atoms with Crippen molar-refractivity contribution >= 4 is 5.78 Å². The van der Waals surface area contributed by atoms with Gasteiger partial charge in [-0.2, -0.15) is 0 Å². The molecule has 0 aromatic carbocycles. The van der Waals surface area contributed by atoms with Crippen molar-refractivity contribution in [3.63, 3.8) is 0 Å². The first-order valence-electron chi connectivity index (χ1n) is 4.90. The van der Waals surface area contributed by atoms with Crippen LogP contribution in [0.2, 0.25) is 0 Å². The van der Waals surface area contributed by atoms with Gasteiger partial charge < -0.3 is 9.47 Å². The molecule has 0 amide bonds. The number of allylic oxidation sites excluding steroid dienone is 1. The Morgan fingerprint density at radius 3 is 2.43 bits per heavy atom. The predicted molar refractivity (Wildman–Crippen MR) is 53.8 cm³/mol. The minimum Gasteiger partial charge on any atom is -0.350 e. The zero-order chi connectivity index (χ0) is 10.8. The van der Waals surface area contributed by atoms with Crippen molar-refractivity contribution in [3.8, 4) is 0 Å². The van der Waals surface area contributed by atoms with Crippen LogP contribution in [0.4, 0.5) is 0 Å². The van der Waals surface area contributed by atoms with Crippen LogP contribution in [0, 0.1) is 11.8 Å². The molecule has 1 aliphatic rings. The molecule has 0 radical (unpaired) electrons. The van der Waals surface area contributed by atoms with E-state index in [1.165, 1.54) is 6.08 Å². The van der Waals surface area contributed by atoms with Gasteiger partial charge in [0.15, 0.2) is 11.6 Å². The highest BCUT2D eigenvalue weighted by molar-refractivity contribution is 5.91. The summed E-state index contributed by atoms with van der Waals surface area (Å²) in [5.74, 6) is -0.369. The van der Waals surface area contributed by atoms with Crippen LogP contribution in [0.15, 0.2) is 12.7 Å². The standard InChI is InChI=1S/C11H18O3/c1-5-10(12)8(2)9-6-13-11(3,4)14-7-9/h5,8-9H,1,6-7H2,2-4H3/t8-/m0/s1. The van der Waals surface area contributed by atoms with E-state index in [-0.39, 0.29) is 17.6 Å². The van der Waals surface area contributed by atoms with Crippen LogP contribution in [-0.4, -0.2) is 24.8 Å². The first-order chi connectivity index (χ1) is 6.46. The summed E-state index contributed by atoms with van der Waals surface area (Å²) in [5.41, 5.74) is 0. The fourth-order valence-electron chi connectivity index (χ4n) is 1.41. The molecule has 0 unspecified atom stereocenters. The van der Waals surface area contributed by atoms with Gasteiger partial charge in [-0.25, -0.2) is 0 Å². The van der Waals surface area contributed by atoms with Gasteiger partial charge >= 0.3 is 0 Å². The van der Waals surface area contributed by atoms with Gasteiger partial charge in [0.1, 0.15) is 0 Å². The average Bonchev–Trinajstić information content (AvgIpc) is 2.15. The molecule has 0 saturated carbocycles. The lowest BCUT2D eigenvalue weighted by Crippen LogP contribution is -2.42. The quantitative estimate of drug-likeness (QED) is 0.648. The Kier molecular flexibility index (Phi) is 3.45. The third kappa shape index (κ3) is 2.66. The molecule has 1 fully saturated rings. The Morgan fingerprint density at radius 1 is 1.50 bits per heavy atom. The summed E-state index contributed by atoms with van der Waals surface area (Å²) in [6.07, 6.45) is 1.37. The molecule has 80 valence electrons. The first kappa shape index (κ1) is 11.4. The maximum atomic E-state index is 11.3. The smallest absolute Gasteiger partial charge is 0.162 e. The van der Waals surface area contributed by atoms with Gasteiger partial charge in [-0.1, -0.05) is 13.5 Å². The predicted octanol–water partition coefficient (Wildman–Crippen LogP) is 1.78. The summed E-state index contributed by atoms with van der Waals surface area (Å²) < 4.78 is 11.0. The van der Waals surface area contributed by atoms with Crippen LogP contribution in [-0.2, 0) is 14.3 Å². The molecule has 1 heterocycles.